The number of carbonyl (C=O) groups is 2. The highest BCUT2D eigenvalue weighted by molar-refractivity contribution is 7.86. The molecule has 4 N–H and O–H groups in total. The molecule has 0 fully saturated rings. The van der Waals surface area contributed by atoms with Crippen LogP contribution in [-0.2, 0) is 20.2 Å². The first-order chi connectivity index (χ1) is 18.4. The van der Waals surface area contributed by atoms with Gasteiger partial charge in [0, 0.05) is 22.5 Å². The van der Waals surface area contributed by atoms with E-state index in [9.17, 15) is 35.5 Å². The first-order valence-electron chi connectivity index (χ1n) is 11.2. The molecule has 1 aliphatic carbocycles. The maximum atomic E-state index is 13.4. The molecule has 1 aliphatic rings. The van der Waals surface area contributed by atoms with Gasteiger partial charge in [-0.3, -0.25) is 9.59 Å². The monoisotopic (exact) mass is 563 g/mol. The Kier molecular flexibility index (Phi) is 6.23. The molecule has 0 spiro atoms. The van der Waals surface area contributed by atoms with Crippen LogP contribution in [0.15, 0.2) is 88.7 Å². The molecule has 0 radical (unpaired) electrons. The molecule has 0 saturated heterocycles. The van der Waals surface area contributed by atoms with Crippen LogP contribution in [0, 0.1) is 0 Å². The summed E-state index contributed by atoms with van der Waals surface area (Å²) in [5.74, 6) is -1.44. The highest BCUT2D eigenvalue weighted by atomic mass is 32.2. The number of fused-ring (bicyclic) bond motifs is 2. The number of hydrogen-bond donors (Lipinski definition) is 3. The van der Waals surface area contributed by atoms with Gasteiger partial charge in [-0.25, -0.2) is 16.8 Å². The summed E-state index contributed by atoms with van der Waals surface area (Å²) in [5, 5.41) is 5.53. The van der Waals surface area contributed by atoms with Gasteiger partial charge in [-0.1, -0.05) is 42.5 Å². The number of ketones is 2. The summed E-state index contributed by atoms with van der Waals surface area (Å²) in [6, 6.07) is 18.7. The Labute approximate surface area is 222 Å². The largest absolute Gasteiger partial charge is 0.744 e. The maximum absolute atomic E-state index is 13.4. The highest BCUT2D eigenvalue weighted by Crippen LogP contribution is 2.40. The molecule has 39 heavy (non-hydrogen) atoms. The van der Waals surface area contributed by atoms with Gasteiger partial charge in [0.2, 0.25) is 0 Å². The van der Waals surface area contributed by atoms with Gasteiger partial charge in [-0.05, 0) is 36.4 Å². The van der Waals surface area contributed by atoms with E-state index >= 15 is 0 Å². The summed E-state index contributed by atoms with van der Waals surface area (Å²) < 4.78 is 72.2. The van der Waals surface area contributed by atoms with Gasteiger partial charge in [-0.15, -0.1) is 0 Å². The molecule has 0 bridgehead atoms. The molecule has 0 heterocycles. The summed E-state index contributed by atoms with van der Waals surface area (Å²) in [5.41, 5.74) is 4.60. The van der Waals surface area contributed by atoms with E-state index in [1.165, 1.54) is 36.4 Å². The van der Waals surface area contributed by atoms with Crippen molar-refractivity contribution in [2.45, 2.75) is 9.79 Å². The van der Waals surface area contributed by atoms with Crippen LogP contribution >= 0.6 is 0 Å². The Morgan fingerprint density at radius 2 is 1.13 bits per heavy atom. The normalized spacial score (nSPS) is 13.0. The van der Waals surface area contributed by atoms with Crippen LogP contribution < -0.4 is 16.4 Å². The van der Waals surface area contributed by atoms with Gasteiger partial charge in [0.15, 0.2) is 11.6 Å². The molecule has 0 aliphatic heterocycles. The van der Waals surface area contributed by atoms with Gasteiger partial charge in [-0.2, -0.15) is 0 Å². The zero-order valence-electron chi connectivity index (χ0n) is 19.7. The SMILES string of the molecule is Nc1c(S(=O)(=O)[O-])cc(Nc2ccc(Nc3ccccc3)c(S(=O)(=O)[O-])c2)c2c1C(=O)c1ccccc1C2=O. The molecular formula is C26H17N3O8S2-2. The lowest BCUT2D eigenvalue weighted by molar-refractivity contribution is 0.0980. The predicted octanol–water partition coefficient (Wildman–Crippen LogP) is 3.34. The number of nitrogen functional groups attached to an aromatic ring is 1. The van der Waals surface area contributed by atoms with Crippen molar-refractivity contribution in [3.8, 4) is 0 Å². The van der Waals surface area contributed by atoms with Crippen molar-refractivity contribution in [2.24, 2.45) is 0 Å². The fraction of sp³-hybridized carbons (Fsp3) is 0. The van der Waals surface area contributed by atoms with Crippen molar-refractivity contribution in [3.63, 3.8) is 0 Å². The Hall–Kier alpha value is -4.56. The van der Waals surface area contributed by atoms with Crippen LogP contribution in [0.4, 0.5) is 28.4 Å². The number of para-hydroxylation sites is 1. The summed E-state index contributed by atoms with van der Waals surface area (Å²) in [7, 11) is -10.2. The van der Waals surface area contributed by atoms with Gasteiger partial charge in [0.25, 0.3) is 0 Å². The minimum Gasteiger partial charge on any atom is -0.744 e. The summed E-state index contributed by atoms with van der Waals surface area (Å²) in [6.45, 7) is 0. The minimum absolute atomic E-state index is 0.0239. The van der Waals surface area contributed by atoms with Gasteiger partial charge in [0.1, 0.15) is 20.2 Å². The third-order valence-corrected chi connectivity index (χ3v) is 7.80. The second-order valence-corrected chi connectivity index (χ2v) is 11.2. The van der Waals surface area contributed by atoms with Gasteiger partial charge in [0.05, 0.1) is 38.0 Å². The van der Waals surface area contributed by atoms with E-state index in [0.717, 1.165) is 12.1 Å². The van der Waals surface area contributed by atoms with Gasteiger partial charge < -0.3 is 25.5 Å². The lowest BCUT2D eigenvalue weighted by Crippen LogP contribution is -2.25. The van der Waals surface area contributed by atoms with Crippen LogP contribution in [0.5, 0.6) is 0 Å². The van der Waals surface area contributed by atoms with E-state index in [-0.39, 0.29) is 33.8 Å². The molecule has 198 valence electrons. The molecule has 4 aromatic rings. The number of nitrogens with two attached hydrogens (primary N) is 1. The zero-order valence-corrected chi connectivity index (χ0v) is 21.3. The number of benzene rings is 4. The summed E-state index contributed by atoms with van der Waals surface area (Å²) >= 11 is 0. The Morgan fingerprint density at radius 1 is 0.590 bits per heavy atom. The molecule has 13 heteroatoms. The molecule has 0 amide bonds. The van der Waals surface area contributed by atoms with E-state index in [2.05, 4.69) is 10.6 Å². The Bertz CT molecular complexity index is 1910. The van der Waals surface area contributed by atoms with Crippen LogP contribution in [0.2, 0.25) is 0 Å². The quantitative estimate of drug-likeness (QED) is 0.202. The van der Waals surface area contributed by atoms with Crippen molar-refractivity contribution in [2.75, 3.05) is 16.4 Å². The van der Waals surface area contributed by atoms with E-state index < -0.39 is 52.8 Å². The highest BCUT2D eigenvalue weighted by Gasteiger charge is 2.35. The smallest absolute Gasteiger partial charge is 0.196 e. The van der Waals surface area contributed by atoms with Crippen LogP contribution in [0.3, 0.4) is 0 Å². The molecule has 11 nitrogen and oxygen atoms in total. The third-order valence-electron chi connectivity index (χ3n) is 6.05. The number of rotatable bonds is 6. The molecule has 4 aromatic carbocycles. The maximum Gasteiger partial charge on any atom is 0.196 e. The lowest BCUT2D eigenvalue weighted by Gasteiger charge is -2.25. The predicted molar refractivity (Wildman–Crippen MR) is 140 cm³/mol. The second kappa shape index (κ2) is 9.32. The Morgan fingerprint density at radius 3 is 1.72 bits per heavy atom. The van der Waals surface area contributed by atoms with E-state index in [4.69, 9.17) is 5.73 Å². The number of anilines is 5. The average Bonchev–Trinajstić information content (AvgIpc) is 2.88. The molecule has 0 aromatic heterocycles. The molecule has 5 rings (SSSR count). The van der Waals surface area contributed by atoms with Crippen LogP contribution in [-0.4, -0.2) is 37.5 Å². The lowest BCUT2D eigenvalue weighted by atomic mass is 9.82. The fourth-order valence-corrected chi connectivity index (χ4v) is 5.64. The topological polar surface area (TPSA) is 199 Å². The third kappa shape index (κ3) is 4.75. The van der Waals surface area contributed by atoms with Gasteiger partial charge >= 0.3 is 0 Å². The number of hydrogen-bond acceptors (Lipinski definition) is 11. The second-order valence-electron chi connectivity index (χ2n) is 8.52. The summed E-state index contributed by atoms with van der Waals surface area (Å²) in [4.78, 5) is 25.1. The number of nitrogens with one attached hydrogen (secondary N) is 2. The first-order valence-corrected chi connectivity index (χ1v) is 14.0. The Balaban J connectivity index is 1.68. The molecule has 0 unspecified atom stereocenters. The van der Waals surface area contributed by atoms with Crippen molar-refractivity contribution in [3.05, 3.63) is 101 Å². The minimum atomic E-state index is -5.21. The average molecular weight is 564 g/mol. The van der Waals surface area contributed by atoms with Crippen molar-refractivity contribution in [1.29, 1.82) is 0 Å². The first kappa shape index (κ1) is 26.1. The van der Waals surface area contributed by atoms with E-state index in [1.807, 2.05) is 0 Å². The van der Waals surface area contributed by atoms with Crippen molar-refractivity contribution in [1.82, 2.24) is 0 Å². The standard InChI is InChI=1S/C26H19N3O8S2/c27-24-21(39(35,36)37)13-19(22-23(24)26(31)17-9-5-4-8-16(17)25(22)30)29-15-10-11-18(20(12-15)38(32,33)34)28-14-6-2-1-3-7-14/h1-13,28-29H,27H2,(H,32,33,34)(H,35,36,37)/p-2. The molecule has 0 atom stereocenters. The van der Waals surface area contributed by atoms with Crippen LogP contribution in [0.25, 0.3) is 0 Å². The fourth-order valence-electron chi connectivity index (χ4n) is 4.34. The van der Waals surface area contributed by atoms with Crippen molar-refractivity contribution >= 4 is 60.2 Å². The molecular weight excluding hydrogens is 546 g/mol. The molecule has 0 saturated carbocycles. The van der Waals surface area contributed by atoms with Crippen LogP contribution in [0.1, 0.15) is 31.8 Å². The van der Waals surface area contributed by atoms with Crippen molar-refractivity contribution < 1.29 is 35.5 Å². The van der Waals surface area contributed by atoms with E-state index in [1.54, 1.807) is 30.3 Å². The zero-order chi connectivity index (χ0) is 28.1. The van der Waals surface area contributed by atoms with E-state index in [0.29, 0.717) is 5.69 Å². The number of carbonyl (C=O) groups excluding carboxylic acids is 2. The summed E-state index contributed by atoms with van der Waals surface area (Å²) in [6.07, 6.45) is 0.